The van der Waals surface area contributed by atoms with Gasteiger partial charge in [0.2, 0.25) is 5.91 Å². The van der Waals surface area contributed by atoms with Crippen LogP contribution in [0, 0.1) is 0 Å². The maximum Gasteiger partial charge on any atom is 0.236 e. The van der Waals surface area contributed by atoms with E-state index in [0.29, 0.717) is 13.1 Å². The Morgan fingerprint density at radius 2 is 2.05 bits per heavy atom. The van der Waals surface area contributed by atoms with E-state index in [9.17, 15) is 9.90 Å². The molecule has 0 unspecified atom stereocenters. The number of hydrogen-bond acceptors (Lipinski definition) is 4. The molecule has 0 atom stereocenters. The van der Waals surface area contributed by atoms with Gasteiger partial charge in [0.25, 0.3) is 0 Å². The van der Waals surface area contributed by atoms with Gasteiger partial charge in [0.15, 0.2) is 0 Å². The number of nitrogens with zero attached hydrogens (tertiary/aromatic N) is 2. The topological polar surface area (TPSA) is 55.8 Å². The van der Waals surface area contributed by atoms with Crippen molar-refractivity contribution in [1.29, 1.82) is 0 Å². The Hall–Kier alpha value is -1.59. The molecule has 1 aromatic carbocycles. The second-order valence-corrected chi connectivity index (χ2v) is 4.90. The van der Waals surface area contributed by atoms with Crippen LogP contribution in [0.1, 0.15) is 5.56 Å². The van der Waals surface area contributed by atoms with Crippen molar-refractivity contribution in [1.82, 2.24) is 15.1 Å². The minimum absolute atomic E-state index is 0.0881. The van der Waals surface area contributed by atoms with Crippen LogP contribution in [0.3, 0.4) is 0 Å². The first-order valence-electron chi connectivity index (χ1n) is 6.61. The second-order valence-electron chi connectivity index (χ2n) is 4.90. The van der Waals surface area contributed by atoms with Crippen molar-refractivity contribution >= 4 is 5.91 Å². The van der Waals surface area contributed by atoms with Gasteiger partial charge < -0.3 is 15.3 Å². The molecule has 1 amide bonds. The molecule has 0 bridgehead atoms. The Morgan fingerprint density at radius 1 is 1.37 bits per heavy atom. The van der Waals surface area contributed by atoms with Gasteiger partial charge in [-0.3, -0.25) is 9.69 Å². The van der Waals surface area contributed by atoms with Gasteiger partial charge in [-0.2, -0.15) is 0 Å². The van der Waals surface area contributed by atoms with Gasteiger partial charge in [-0.15, -0.1) is 0 Å². The molecule has 0 saturated carbocycles. The van der Waals surface area contributed by atoms with E-state index in [1.54, 1.807) is 24.1 Å². The van der Waals surface area contributed by atoms with Crippen LogP contribution in [0.5, 0.6) is 5.75 Å². The third-order valence-electron chi connectivity index (χ3n) is 3.39. The highest BCUT2D eigenvalue weighted by Crippen LogP contribution is 2.17. The lowest BCUT2D eigenvalue weighted by Gasteiger charge is -2.28. The van der Waals surface area contributed by atoms with Crippen LogP contribution in [0.2, 0.25) is 0 Å². The van der Waals surface area contributed by atoms with Crippen LogP contribution >= 0.6 is 0 Å². The summed E-state index contributed by atoms with van der Waals surface area (Å²) in [6.45, 7) is 4.60. The number of para-hydroxylation sites is 1. The maximum absolute atomic E-state index is 12.1. The highest BCUT2D eigenvalue weighted by molar-refractivity contribution is 5.78. The third-order valence-corrected chi connectivity index (χ3v) is 3.39. The van der Waals surface area contributed by atoms with Crippen LogP contribution in [0.4, 0.5) is 0 Å². The van der Waals surface area contributed by atoms with Crippen molar-refractivity contribution in [2.75, 3.05) is 39.8 Å². The number of hydrogen-bond donors (Lipinski definition) is 2. The van der Waals surface area contributed by atoms with Crippen LogP contribution < -0.4 is 5.32 Å². The molecule has 1 saturated heterocycles. The zero-order chi connectivity index (χ0) is 13.7. The van der Waals surface area contributed by atoms with Crippen LogP contribution in [-0.4, -0.2) is 60.6 Å². The average molecular weight is 263 g/mol. The molecular formula is C14H21N3O2. The van der Waals surface area contributed by atoms with Crippen molar-refractivity contribution in [2.45, 2.75) is 6.54 Å². The molecule has 5 nitrogen and oxygen atoms in total. The summed E-state index contributed by atoms with van der Waals surface area (Å²) in [7, 11) is 1.77. The molecule has 0 radical (unpaired) electrons. The molecule has 0 spiro atoms. The number of amides is 1. The largest absolute Gasteiger partial charge is 0.508 e. The van der Waals surface area contributed by atoms with Crippen molar-refractivity contribution < 1.29 is 9.90 Å². The van der Waals surface area contributed by atoms with Gasteiger partial charge in [-0.05, 0) is 6.07 Å². The van der Waals surface area contributed by atoms with Crippen molar-refractivity contribution in [2.24, 2.45) is 0 Å². The molecule has 104 valence electrons. The highest BCUT2D eigenvalue weighted by atomic mass is 16.3. The van der Waals surface area contributed by atoms with Gasteiger partial charge in [-0.25, -0.2) is 0 Å². The molecule has 1 fully saturated rings. The van der Waals surface area contributed by atoms with E-state index in [0.717, 1.165) is 31.7 Å². The summed E-state index contributed by atoms with van der Waals surface area (Å²) in [5.41, 5.74) is 0.777. The van der Waals surface area contributed by atoms with E-state index >= 15 is 0 Å². The molecule has 2 N–H and O–H groups in total. The van der Waals surface area contributed by atoms with Gasteiger partial charge in [-0.1, -0.05) is 18.2 Å². The summed E-state index contributed by atoms with van der Waals surface area (Å²) in [6, 6.07) is 7.12. The molecule has 2 rings (SSSR count). The summed E-state index contributed by atoms with van der Waals surface area (Å²) in [6.07, 6.45) is 0. The molecule has 1 aromatic rings. The number of phenols is 1. The number of carbonyl (C=O) groups excluding carboxylic acids is 1. The van der Waals surface area contributed by atoms with Gasteiger partial charge >= 0.3 is 0 Å². The normalized spacial score (nSPS) is 16.3. The predicted octanol–water partition coefficient (Wildman–Crippen LogP) is 0.256. The number of piperazine rings is 1. The van der Waals surface area contributed by atoms with Gasteiger partial charge in [0.05, 0.1) is 6.54 Å². The van der Waals surface area contributed by atoms with E-state index < -0.39 is 0 Å². The second kappa shape index (κ2) is 6.54. The Balaban J connectivity index is 1.87. The quantitative estimate of drug-likeness (QED) is 0.818. The number of likely N-dealkylation sites (N-methyl/N-ethyl adjacent to an activating group) is 1. The summed E-state index contributed by atoms with van der Waals surface area (Å²) < 4.78 is 0. The third kappa shape index (κ3) is 3.94. The molecule has 0 aliphatic carbocycles. The SMILES string of the molecule is CN(Cc1ccccc1O)C(=O)CN1CCNCC1. The number of benzene rings is 1. The average Bonchev–Trinajstić information content (AvgIpc) is 2.42. The smallest absolute Gasteiger partial charge is 0.236 e. The monoisotopic (exact) mass is 263 g/mol. The minimum Gasteiger partial charge on any atom is -0.508 e. The van der Waals surface area contributed by atoms with E-state index in [2.05, 4.69) is 10.2 Å². The Bertz CT molecular complexity index is 430. The number of aromatic hydroxyl groups is 1. The number of phenolic OH excluding ortho intramolecular Hbond substituents is 1. The summed E-state index contributed by atoms with van der Waals surface area (Å²) in [5, 5.41) is 13.0. The van der Waals surface area contributed by atoms with Crippen LogP contribution in [-0.2, 0) is 11.3 Å². The van der Waals surface area contributed by atoms with E-state index in [-0.39, 0.29) is 11.7 Å². The van der Waals surface area contributed by atoms with Gasteiger partial charge in [0, 0.05) is 45.3 Å². The Labute approximate surface area is 113 Å². The Morgan fingerprint density at radius 3 is 2.74 bits per heavy atom. The molecule has 19 heavy (non-hydrogen) atoms. The van der Waals surface area contributed by atoms with Crippen molar-refractivity contribution in [3.05, 3.63) is 29.8 Å². The van der Waals surface area contributed by atoms with E-state index in [1.807, 2.05) is 12.1 Å². The molecule has 1 aliphatic rings. The van der Waals surface area contributed by atoms with Gasteiger partial charge in [0.1, 0.15) is 5.75 Å². The summed E-state index contributed by atoms with van der Waals surface area (Å²) in [4.78, 5) is 15.9. The zero-order valence-corrected chi connectivity index (χ0v) is 11.3. The summed E-state index contributed by atoms with van der Waals surface area (Å²) in [5.74, 6) is 0.328. The fourth-order valence-corrected chi connectivity index (χ4v) is 2.17. The van der Waals surface area contributed by atoms with Crippen molar-refractivity contribution in [3.8, 4) is 5.75 Å². The first-order chi connectivity index (χ1) is 9.16. The highest BCUT2D eigenvalue weighted by Gasteiger charge is 2.17. The molecular weight excluding hydrogens is 242 g/mol. The van der Waals surface area contributed by atoms with Crippen LogP contribution in [0.25, 0.3) is 0 Å². The fourth-order valence-electron chi connectivity index (χ4n) is 2.17. The lowest BCUT2D eigenvalue weighted by Crippen LogP contribution is -2.47. The number of carbonyl (C=O) groups is 1. The lowest BCUT2D eigenvalue weighted by molar-refractivity contribution is -0.131. The number of rotatable bonds is 4. The van der Waals surface area contributed by atoms with E-state index in [1.165, 1.54) is 0 Å². The zero-order valence-electron chi connectivity index (χ0n) is 11.3. The predicted molar refractivity (Wildman–Crippen MR) is 73.9 cm³/mol. The van der Waals surface area contributed by atoms with E-state index in [4.69, 9.17) is 0 Å². The molecule has 1 aliphatic heterocycles. The Kier molecular flexibility index (Phi) is 4.76. The maximum atomic E-state index is 12.1. The molecule has 0 aromatic heterocycles. The molecule has 5 heteroatoms. The van der Waals surface area contributed by atoms with Crippen LogP contribution in [0.15, 0.2) is 24.3 Å². The first kappa shape index (κ1) is 13.8. The minimum atomic E-state index is 0.0881. The summed E-state index contributed by atoms with van der Waals surface area (Å²) >= 11 is 0. The molecule has 1 heterocycles. The first-order valence-corrected chi connectivity index (χ1v) is 6.61. The number of nitrogens with one attached hydrogen (secondary N) is 1. The standard InChI is InChI=1S/C14H21N3O2/c1-16(10-12-4-2-3-5-13(12)18)14(19)11-17-8-6-15-7-9-17/h2-5,15,18H,6-11H2,1H3. The lowest BCUT2D eigenvalue weighted by atomic mass is 10.2. The van der Waals surface area contributed by atoms with Crippen molar-refractivity contribution in [3.63, 3.8) is 0 Å². The fraction of sp³-hybridized carbons (Fsp3) is 0.500.